The first-order valence-corrected chi connectivity index (χ1v) is 9.35. The van der Waals surface area contributed by atoms with Gasteiger partial charge in [0.15, 0.2) is 0 Å². The van der Waals surface area contributed by atoms with Crippen LogP contribution in [0.4, 0.5) is 0 Å². The first kappa shape index (κ1) is 19.1. The Morgan fingerprint density at radius 1 is 1.22 bits per heavy atom. The highest BCUT2D eigenvalue weighted by Gasteiger charge is 2.08. The zero-order valence-corrected chi connectivity index (χ0v) is 15.9. The molecule has 27 heavy (non-hydrogen) atoms. The van der Waals surface area contributed by atoms with Gasteiger partial charge in [-0.2, -0.15) is 5.10 Å². The number of thioether (sulfide) groups is 1. The first-order valence-electron chi connectivity index (χ1n) is 7.99. The second kappa shape index (κ2) is 8.78. The largest absolute Gasteiger partial charge is 0.354 e. The van der Waals surface area contributed by atoms with Gasteiger partial charge in [0.2, 0.25) is 11.1 Å². The van der Waals surface area contributed by atoms with Gasteiger partial charge < -0.3 is 5.32 Å². The smallest absolute Gasteiger partial charge is 0.266 e. The van der Waals surface area contributed by atoms with Crippen molar-refractivity contribution < 1.29 is 4.79 Å². The maximum atomic E-state index is 12.0. The lowest BCUT2D eigenvalue weighted by Crippen LogP contribution is -2.32. The molecule has 3 aromatic rings. The molecule has 2 aromatic heterocycles. The van der Waals surface area contributed by atoms with Gasteiger partial charge in [-0.1, -0.05) is 35.5 Å². The molecule has 0 saturated heterocycles. The number of aromatic nitrogens is 6. The molecule has 0 aliphatic heterocycles. The zero-order chi connectivity index (χ0) is 19.2. The van der Waals surface area contributed by atoms with Crippen molar-refractivity contribution >= 4 is 29.3 Å². The molecule has 9 nitrogen and oxygen atoms in total. The van der Waals surface area contributed by atoms with E-state index < -0.39 is 0 Å². The fourth-order valence-corrected chi connectivity index (χ4v) is 3.02. The minimum atomic E-state index is -0.235. The first-order chi connectivity index (χ1) is 13.0. The molecule has 1 N–H and O–H groups in total. The Labute approximate surface area is 163 Å². The predicted molar refractivity (Wildman–Crippen MR) is 101 cm³/mol. The van der Waals surface area contributed by atoms with Crippen LogP contribution in [0.5, 0.6) is 0 Å². The Hall–Kier alpha value is -2.72. The number of carbonyl (C=O) groups is 1. The fraction of sp³-hybridized carbons (Fsp3) is 0.250. The molecule has 0 spiro atoms. The summed E-state index contributed by atoms with van der Waals surface area (Å²) in [6, 6.07) is 10.3. The molecule has 3 rings (SSSR count). The number of rotatable bonds is 7. The van der Waals surface area contributed by atoms with E-state index in [-0.39, 0.29) is 30.3 Å². The third-order valence-electron chi connectivity index (χ3n) is 3.57. The van der Waals surface area contributed by atoms with Crippen LogP contribution in [0.15, 0.2) is 46.3 Å². The molecular weight excluding hydrogens is 390 g/mol. The lowest BCUT2D eigenvalue weighted by molar-refractivity contribution is -0.118. The summed E-state index contributed by atoms with van der Waals surface area (Å²) >= 11 is 7.12. The van der Waals surface area contributed by atoms with Crippen molar-refractivity contribution in [3.63, 3.8) is 0 Å². The van der Waals surface area contributed by atoms with E-state index in [1.54, 1.807) is 25.2 Å². The molecule has 0 atom stereocenters. The Morgan fingerprint density at radius 2 is 2.00 bits per heavy atom. The number of amides is 1. The van der Waals surface area contributed by atoms with Crippen LogP contribution in [-0.2, 0) is 18.4 Å². The summed E-state index contributed by atoms with van der Waals surface area (Å²) in [5.41, 5.74) is 1.27. The van der Waals surface area contributed by atoms with Gasteiger partial charge in [0.1, 0.15) is 0 Å². The summed E-state index contributed by atoms with van der Waals surface area (Å²) in [6.45, 7) is 0.551. The summed E-state index contributed by atoms with van der Waals surface area (Å²) in [5, 5.41) is 19.3. The number of halogens is 1. The number of benzene rings is 1. The molecule has 11 heteroatoms. The number of nitrogens with one attached hydrogen (secondary N) is 1. The van der Waals surface area contributed by atoms with Crippen molar-refractivity contribution in [2.75, 3.05) is 12.3 Å². The zero-order valence-electron chi connectivity index (χ0n) is 14.4. The minimum absolute atomic E-state index is 0.176. The van der Waals surface area contributed by atoms with Crippen LogP contribution < -0.4 is 10.9 Å². The van der Waals surface area contributed by atoms with Gasteiger partial charge in [0, 0.05) is 30.2 Å². The van der Waals surface area contributed by atoms with Crippen LogP contribution in [0.25, 0.3) is 11.3 Å². The number of tetrazole rings is 1. The second-order valence-corrected chi connectivity index (χ2v) is 6.89. The SMILES string of the molecule is Cn1nnnc1SCC(=O)NCCn1nc(-c2ccc(Cl)cc2)ccc1=O. The third-order valence-corrected chi connectivity index (χ3v) is 4.83. The highest BCUT2D eigenvalue weighted by atomic mass is 35.5. The standard InChI is InChI=1S/C16H16ClN7O2S/c1-23-16(19-21-22-23)27-10-14(25)18-8-9-24-15(26)7-6-13(20-24)11-2-4-12(17)5-3-11/h2-7H,8-10H2,1H3,(H,18,25). The quantitative estimate of drug-likeness (QED) is 0.584. The van der Waals surface area contributed by atoms with E-state index >= 15 is 0 Å². The van der Waals surface area contributed by atoms with Gasteiger partial charge in [0.05, 0.1) is 18.0 Å². The van der Waals surface area contributed by atoms with Gasteiger partial charge in [-0.25, -0.2) is 9.36 Å². The summed E-state index contributed by atoms with van der Waals surface area (Å²) in [4.78, 5) is 23.9. The van der Waals surface area contributed by atoms with E-state index in [0.717, 1.165) is 5.56 Å². The normalized spacial score (nSPS) is 10.7. The van der Waals surface area contributed by atoms with Gasteiger partial charge in [-0.3, -0.25) is 9.59 Å². The molecule has 140 valence electrons. The molecule has 2 heterocycles. The molecule has 0 fully saturated rings. The number of hydrogen-bond donors (Lipinski definition) is 1. The topological polar surface area (TPSA) is 108 Å². The molecule has 1 amide bonds. The number of hydrogen-bond acceptors (Lipinski definition) is 7. The molecule has 0 aliphatic carbocycles. The molecule has 0 aliphatic rings. The Bertz CT molecular complexity index is 987. The molecule has 0 radical (unpaired) electrons. The monoisotopic (exact) mass is 405 g/mol. The maximum absolute atomic E-state index is 12.0. The summed E-state index contributed by atoms with van der Waals surface area (Å²) in [5.74, 6) is 0.00589. The minimum Gasteiger partial charge on any atom is -0.354 e. The van der Waals surface area contributed by atoms with E-state index in [0.29, 0.717) is 15.9 Å². The van der Waals surface area contributed by atoms with Crippen molar-refractivity contribution in [1.82, 2.24) is 35.3 Å². The number of aryl methyl sites for hydroxylation is 1. The summed E-state index contributed by atoms with van der Waals surface area (Å²) in [7, 11) is 1.70. The van der Waals surface area contributed by atoms with Gasteiger partial charge in [-0.05, 0) is 28.6 Å². The maximum Gasteiger partial charge on any atom is 0.266 e. The van der Waals surface area contributed by atoms with E-state index in [1.807, 2.05) is 12.1 Å². The lowest BCUT2D eigenvalue weighted by atomic mass is 10.1. The fourth-order valence-electron chi connectivity index (χ4n) is 2.21. The van der Waals surface area contributed by atoms with Crippen molar-refractivity contribution in [2.24, 2.45) is 7.05 Å². The Balaban J connectivity index is 1.55. The van der Waals surface area contributed by atoms with Gasteiger partial charge >= 0.3 is 0 Å². The van der Waals surface area contributed by atoms with Crippen molar-refractivity contribution in [3.8, 4) is 11.3 Å². The number of nitrogens with zero attached hydrogens (tertiary/aromatic N) is 6. The summed E-state index contributed by atoms with van der Waals surface area (Å²) < 4.78 is 2.81. The van der Waals surface area contributed by atoms with Crippen LogP contribution in [0.3, 0.4) is 0 Å². The van der Waals surface area contributed by atoms with Crippen molar-refractivity contribution in [3.05, 3.63) is 51.8 Å². The van der Waals surface area contributed by atoms with Gasteiger partial charge in [-0.15, -0.1) is 5.10 Å². The van der Waals surface area contributed by atoms with E-state index in [9.17, 15) is 9.59 Å². The highest BCUT2D eigenvalue weighted by molar-refractivity contribution is 7.99. The van der Waals surface area contributed by atoms with Crippen molar-refractivity contribution in [1.29, 1.82) is 0 Å². The molecular formula is C16H16ClN7O2S. The molecule has 0 unspecified atom stereocenters. The highest BCUT2D eigenvalue weighted by Crippen LogP contribution is 2.18. The van der Waals surface area contributed by atoms with Crippen LogP contribution in [0.2, 0.25) is 5.02 Å². The molecule has 0 saturated carbocycles. The van der Waals surface area contributed by atoms with Crippen LogP contribution in [-0.4, -0.2) is 48.2 Å². The van der Waals surface area contributed by atoms with Crippen LogP contribution in [0.1, 0.15) is 0 Å². The predicted octanol–water partition coefficient (Wildman–Crippen LogP) is 0.996. The van der Waals surface area contributed by atoms with Crippen LogP contribution >= 0.6 is 23.4 Å². The third kappa shape index (κ3) is 5.14. The Morgan fingerprint density at radius 3 is 2.70 bits per heavy atom. The number of carbonyl (C=O) groups excluding carboxylic acids is 1. The second-order valence-electron chi connectivity index (χ2n) is 5.51. The molecule has 1 aromatic carbocycles. The van der Waals surface area contributed by atoms with Crippen LogP contribution in [0, 0.1) is 0 Å². The Kier molecular flexibility index (Phi) is 6.20. The average molecular weight is 406 g/mol. The van der Waals surface area contributed by atoms with E-state index in [4.69, 9.17) is 11.6 Å². The average Bonchev–Trinajstić information content (AvgIpc) is 3.07. The van der Waals surface area contributed by atoms with Gasteiger partial charge in [0.25, 0.3) is 5.56 Å². The van der Waals surface area contributed by atoms with Crippen molar-refractivity contribution in [2.45, 2.75) is 11.7 Å². The van der Waals surface area contributed by atoms with E-state index in [2.05, 4.69) is 25.9 Å². The lowest BCUT2D eigenvalue weighted by Gasteiger charge is -2.08. The van der Waals surface area contributed by atoms with E-state index in [1.165, 1.54) is 27.2 Å². The molecule has 0 bridgehead atoms. The summed E-state index contributed by atoms with van der Waals surface area (Å²) in [6.07, 6.45) is 0.